The maximum absolute atomic E-state index is 13.1. The van der Waals surface area contributed by atoms with Crippen LogP contribution in [0.3, 0.4) is 0 Å². The predicted molar refractivity (Wildman–Crippen MR) is 135 cm³/mol. The van der Waals surface area contributed by atoms with Crippen LogP contribution in [-0.2, 0) is 9.59 Å². The zero-order valence-electron chi connectivity index (χ0n) is 18.3. The second kappa shape index (κ2) is 11.4. The fraction of sp³-hybridized carbons (Fsp3) is 0.120. The fourth-order valence-electron chi connectivity index (χ4n) is 3.03. The summed E-state index contributed by atoms with van der Waals surface area (Å²) in [5.41, 5.74) is 1.53. The second-order valence-electron chi connectivity index (χ2n) is 7.20. The molecular formula is C25H22N4O3S2. The number of hydrogen-bond acceptors (Lipinski definition) is 7. The van der Waals surface area contributed by atoms with Gasteiger partial charge in [-0.25, -0.2) is 0 Å². The van der Waals surface area contributed by atoms with Gasteiger partial charge in [0.05, 0.1) is 0 Å². The molecule has 7 nitrogen and oxygen atoms in total. The molecule has 2 amide bonds. The van der Waals surface area contributed by atoms with E-state index < -0.39 is 5.25 Å². The van der Waals surface area contributed by atoms with Crippen molar-refractivity contribution in [3.63, 3.8) is 0 Å². The lowest BCUT2D eigenvalue weighted by atomic mass is 10.1. The first-order valence-corrected chi connectivity index (χ1v) is 12.2. The molecule has 9 heteroatoms. The first-order valence-electron chi connectivity index (χ1n) is 10.5. The van der Waals surface area contributed by atoms with Gasteiger partial charge >= 0.3 is 0 Å². The van der Waals surface area contributed by atoms with E-state index in [4.69, 9.17) is 4.74 Å². The average Bonchev–Trinajstić information content (AvgIpc) is 3.27. The molecule has 0 spiro atoms. The molecule has 0 aliphatic carbocycles. The van der Waals surface area contributed by atoms with Crippen LogP contribution in [0, 0.1) is 6.92 Å². The molecule has 1 atom stereocenters. The normalized spacial score (nSPS) is 11.4. The Kier molecular flexibility index (Phi) is 7.90. The van der Waals surface area contributed by atoms with Crippen LogP contribution in [-0.4, -0.2) is 28.6 Å². The smallest absolute Gasteiger partial charge is 0.262 e. The molecule has 172 valence electrons. The number of anilines is 2. The van der Waals surface area contributed by atoms with Gasteiger partial charge in [-0.1, -0.05) is 59.9 Å². The van der Waals surface area contributed by atoms with Gasteiger partial charge in [-0.3, -0.25) is 14.9 Å². The predicted octanol–water partition coefficient (Wildman–Crippen LogP) is 5.34. The van der Waals surface area contributed by atoms with Gasteiger partial charge in [-0.15, -0.1) is 22.0 Å². The Labute approximate surface area is 205 Å². The van der Waals surface area contributed by atoms with Crippen molar-refractivity contribution in [3.05, 3.63) is 95.5 Å². The first kappa shape index (κ1) is 23.5. The van der Waals surface area contributed by atoms with Gasteiger partial charge in [-0.05, 0) is 48.9 Å². The van der Waals surface area contributed by atoms with Crippen molar-refractivity contribution in [1.29, 1.82) is 0 Å². The summed E-state index contributed by atoms with van der Waals surface area (Å²) >= 11 is 2.75. The van der Waals surface area contributed by atoms with Crippen molar-refractivity contribution in [2.45, 2.75) is 17.1 Å². The van der Waals surface area contributed by atoms with Crippen molar-refractivity contribution < 1.29 is 14.3 Å². The summed E-state index contributed by atoms with van der Waals surface area (Å²) in [6, 6.07) is 26.1. The van der Waals surface area contributed by atoms with Gasteiger partial charge < -0.3 is 10.1 Å². The molecule has 2 N–H and O–H groups in total. The zero-order valence-corrected chi connectivity index (χ0v) is 19.9. The van der Waals surface area contributed by atoms with Crippen LogP contribution in [0.4, 0.5) is 10.8 Å². The Hall–Kier alpha value is -3.69. The topological polar surface area (TPSA) is 93.2 Å². The Balaban J connectivity index is 1.39. The minimum absolute atomic E-state index is 0.0815. The minimum atomic E-state index is -0.481. The van der Waals surface area contributed by atoms with Crippen LogP contribution in [0.1, 0.15) is 15.8 Å². The Morgan fingerprint density at radius 2 is 1.59 bits per heavy atom. The van der Waals surface area contributed by atoms with Gasteiger partial charge in [0.1, 0.15) is 16.0 Å². The van der Waals surface area contributed by atoms with Gasteiger partial charge in [0.15, 0.2) is 6.61 Å². The highest BCUT2D eigenvalue weighted by atomic mass is 32.2. The van der Waals surface area contributed by atoms with E-state index in [0.29, 0.717) is 16.6 Å². The Bertz CT molecular complexity index is 1230. The molecule has 0 bridgehead atoms. The zero-order chi connectivity index (χ0) is 23.8. The van der Waals surface area contributed by atoms with E-state index in [1.54, 1.807) is 24.3 Å². The molecule has 3 aromatic carbocycles. The second-order valence-corrected chi connectivity index (χ2v) is 9.56. The Morgan fingerprint density at radius 3 is 2.24 bits per heavy atom. The highest BCUT2D eigenvalue weighted by Gasteiger charge is 2.23. The van der Waals surface area contributed by atoms with Crippen LogP contribution in [0.2, 0.25) is 0 Å². The molecule has 0 saturated heterocycles. The molecule has 34 heavy (non-hydrogen) atoms. The molecule has 0 fully saturated rings. The summed E-state index contributed by atoms with van der Waals surface area (Å²) in [7, 11) is 0. The number of carbonyl (C=O) groups excluding carboxylic acids is 2. The lowest BCUT2D eigenvalue weighted by Gasteiger charge is -2.16. The Morgan fingerprint density at radius 1 is 0.912 bits per heavy atom. The highest BCUT2D eigenvalue weighted by molar-refractivity contribution is 8.00. The SMILES string of the molecule is Cc1nnc(NC(=O)C(Sc2ccc(NC(=O)COc3ccccc3)cc2)c2ccccc2)s1. The number of nitrogens with one attached hydrogen (secondary N) is 2. The number of nitrogens with zero attached hydrogens (tertiary/aromatic N) is 2. The first-order chi connectivity index (χ1) is 16.6. The quantitative estimate of drug-likeness (QED) is 0.308. The maximum Gasteiger partial charge on any atom is 0.262 e. The van der Waals surface area contributed by atoms with Crippen molar-refractivity contribution >= 4 is 45.7 Å². The molecule has 0 aliphatic heterocycles. The van der Waals surface area contributed by atoms with Crippen LogP contribution in [0.25, 0.3) is 0 Å². The number of thioether (sulfide) groups is 1. The van der Waals surface area contributed by atoms with Crippen molar-refractivity contribution in [3.8, 4) is 5.75 Å². The maximum atomic E-state index is 13.1. The summed E-state index contributed by atoms with van der Waals surface area (Å²) in [6.45, 7) is 1.76. The number of ether oxygens (including phenoxy) is 1. The van der Waals surface area contributed by atoms with E-state index in [2.05, 4.69) is 20.8 Å². The minimum Gasteiger partial charge on any atom is -0.484 e. The van der Waals surface area contributed by atoms with Gasteiger partial charge in [0.25, 0.3) is 5.91 Å². The lowest BCUT2D eigenvalue weighted by molar-refractivity contribution is -0.118. The number of rotatable bonds is 9. The molecular weight excluding hydrogens is 468 g/mol. The molecule has 1 aromatic heterocycles. The van der Waals surface area contributed by atoms with Gasteiger partial charge in [-0.2, -0.15) is 0 Å². The third kappa shape index (κ3) is 6.66. The number of carbonyl (C=O) groups is 2. The van der Waals surface area contributed by atoms with Crippen molar-refractivity contribution in [1.82, 2.24) is 10.2 Å². The third-order valence-electron chi connectivity index (χ3n) is 4.60. The van der Waals surface area contributed by atoms with Crippen LogP contribution < -0.4 is 15.4 Å². The van der Waals surface area contributed by atoms with Crippen LogP contribution in [0.5, 0.6) is 5.75 Å². The van der Waals surface area contributed by atoms with Crippen LogP contribution in [0.15, 0.2) is 89.8 Å². The molecule has 0 saturated carbocycles. The summed E-state index contributed by atoms with van der Waals surface area (Å²) in [4.78, 5) is 26.1. The number of para-hydroxylation sites is 1. The molecule has 1 heterocycles. The number of aryl methyl sites for hydroxylation is 1. The molecule has 1 unspecified atom stereocenters. The van der Waals surface area contributed by atoms with Crippen LogP contribution >= 0.6 is 23.1 Å². The average molecular weight is 491 g/mol. The number of hydrogen-bond donors (Lipinski definition) is 2. The standard InChI is InChI=1S/C25H22N4O3S2/c1-17-28-29-25(33-17)27-24(31)23(18-8-4-2-5-9-18)34-21-14-12-19(13-15-21)26-22(30)16-32-20-10-6-3-7-11-20/h2-15,23H,16H2,1H3,(H,26,30)(H,27,29,31). The third-order valence-corrected chi connectivity index (χ3v) is 6.62. The molecule has 4 rings (SSSR count). The summed E-state index contributed by atoms with van der Waals surface area (Å²) in [5.74, 6) is 0.208. The number of benzene rings is 3. The number of aromatic nitrogens is 2. The van der Waals surface area contributed by atoms with E-state index in [9.17, 15) is 9.59 Å². The summed E-state index contributed by atoms with van der Waals surface area (Å²) < 4.78 is 5.47. The lowest BCUT2D eigenvalue weighted by Crippen LogP contribution is -2.20. The van der Waals surface area contributed by atoms with E-state index in [1.165, 1.54) is 23.1 Å². The van der Waals surface area contributed by atoms with E-state index in [0.717, 1.165) is 15.5 Å². The summed E-state index contributed by atoms with van der Waals surface area (Å²) in [5, 5.41) is 14.4. The van der Waals surface area contributed by atoms with E-state index in [-0.39, 0.29) is 18.4 Å². The fourth-order valence-corrected chi connectivity index (χ4v) is 4.65. The highest BCUT2D eigenvalue weighted by Crippen LogP contribution is 2.37. The van der Waals surface area contributed by atoms with E-state index >= 15 is 0 Å². The molecule has 0 aliphatic rings. The van der Waals surface area contributed by atoms with Crippen molar-refractivity contribution in [2.75, 3.05) is 17.2 Å². The summed E-state index contributed by atoms with van der Waals surface area (Å²) in [6.07, 6.45) is 0. The number of amides is 2. The van der Waals surface area contributed by atoms with Gasteiger partial charge in [0.2, 0.25) is 11.0 Å². The monoisotopic (exact) mass is 490 g/mol. The van der Waals surface area contributed by atoms with Gasteiger partial charge in [0, 0.05) is 10.6 Å². The molecule has 4 aromatic rings. The van der Waals surface area contributed by atoms with E-state index in [1.807, 2.05) is 67.6 Å². The van der Waals surface area contributed by atoms with Crippen molar-refractivity contribution in [2.24, 2.45) is 0 Å². The molecule has 0 radical (unpaired) electrons. The largest absolute Gasteiger partial charge is 0.484 e.